The van der Waals surface area contributed by atoms with E-state index in [2.05, 4.69) is 15.9 Å². The molecule has 16 heavy (non-hydrogen) atoms. The molecular weight excluding hydrogens is 272 g/mol. The number of carbonyl (C=O) groups is 2. The van der Waals surface area contributed by atoms with Crippen molar-refractivity contribution in [2.24, 2.45) is 0 Å². The highest BCUT2D eigenvalue weighted by atomic mass is 79.9. The normalized spacial score (nSPS) is 10.1. The fourth-order valence-corrected chi connectivity index (χ4v) is 1.89. The van der Waals surface area contributed by atoms with Crippen molar-refractivity contribution < 1.29 is 14.7 Å². The van der Waals surface area contributed by atoms with Crippen molar-refractivity contribution in [1.82, 2.24) is 0 Å². The van der Waals surface area contributed by atoms with Crippen LogP contribution in [0.2, 0.25) is 0 Å². The number of benzene rings is 1. The van der Waals surface area contributed by atoms with Gasteiger partial charge in [0.15, 0.2) is 5.78 Å². The molecule has 1 N–H and O–H groups in total. The van der Waals surface area contributed by atoms with Gasteiger partial charge in [0.05, 0.1) is 6.42 Å². The first-order valence-electron chi connectivity index (χ1n) is 4.94. The Morgan fingerprint density at radius 3 is 2.56 bits per heavy atom. The lowest BCUT2D eigenvalue weighted by Gasteiger charge is -2.04. The SMILES string of the molecule is Cc1cc(CC(=O)O)cc(C(=O)CCBr)c1. The summed E-state index contributed by atoms with van der Waals surface area (Å²) in [6.45, 7) is 1.86. The summed E-state index contributed by atoms with van der Waals surface area (Å²) >= 11 is 3.21. The fourth-order valence-electron chi connectivity index (χ4n) is 1.53. The van der Waals surface area contributed by atoms with Gasteiger partial charge in [-0.15, -0.1) is 0 Å². The smallest absolute Gasteiger partial charge is 0.307 e. The number of halogens is 1. The molecular formula is C12H13BrO3. The summed E-state index contributed by atoms with van der Waals surface area (Å²) in [4.78, 5) is 22.3. The van der Waals surface area contributed by atoms with Crippen LogP contribution in [0.25, 0.3) is 0 Å². The maximum absolute atomic E-state index is 11.7. The Morgan fingerprint density at radius 1 is 1.31 bits per heavy atom. The lowest BCUT2D eigenvalue weighted by atomic mass is 10.0. The van der Waals surface area contributed by atoms with E-state index in [-0.39, 0.29) is 12.2 Å². The number of carboxylic acid groups (broad SMARTS) is 1. The van der Waals surface area contributed by atoms with Crippen molar-refractivity contribution in [2.75, 3.05) is 5.33 Å². The Bertz CT molecular complexity index is 413. The highest BCUT2D eigenvalue weighted by Crippen LogP contribution is 2.13. The second-order valence-electron chi connectivity index (χ2n) is 3.64. The molecule has 0 fully saturated rings. The van der Waals surface area contributed by atoms with Crippen LogP contribution in [0.4, 0.5) is 0 Å². The van der Waals surface area contributed by atoms with Crippen LogP contribution in [0.15, 0.2) is 18.2 Å². The third-order valence-corrected chi connectivity index (χ3v) is 2.53. The summed E-state index contributed by atoms with van der Waals surface area (Å²) in [5, 5.41) is 9.32. The molecule has 0 aliphatic heterocycles. The van der Waals surface area contributed by atoms with Gasteiger partial charge in [-0.05, 0) is 24.6 Å². The van der Waals surface area contributed by atoms with Crippen LogP contribution >= 0.6 is 15.9 Å². The number of carboxylic acids is 1. The van der Waals surface area contributed by atoms with Gasteiger partial charge in [-0.25, -0.2) is 0 Å². The zero-order valence-electron chi connectivity index (χ0n) is 9.00. The van der Waals surface area contributed by atoms with Gasteiger partial charge in [-0.2, -0.15) is 0 Å². The summed E-state index contributed by atoms with van der Waals surface area (Å²) in [6.07, 6.45) is 0.381. The lowest BCUT2D eigenvalue weighted by Crippen LogP contribution is -2.05. The van der Waals surface area contributed by atoms with Crippen LogP contribution in [-0.4, -0.2) is 22.2 Å². The standard InChI is InChI=1S/C12H13BrO3/c1-8-4-9(7-12(15)16)6-10(5-8)11(14)2-3-13/h4-6H,2-3,7H2,1H3,(H,15,16). The summed E-state index contributed by atoms with van der Waals surface area (Å²) in [5.74, 6) is -0.850. The maximum Gasteiger partial charge on any atom is 0.307 e. The van der Waals surface area contributed by atoms with Crippen molar-refractivity contribution in [2.45, 2.75) is 19.8 Å². The molecule has 0 aromatic heterocycles. The highest BCUT2D eigenvalue weighted by Gasteiger charge is 2.08. The summed E-state index contributed by atoms with van der Waals surface area (Å²) in [5.41, 5.74) is 2.18. The first-order chi connectivity index (χ1) is 7.52. The number of aryl methyl sites for hydroxylation is 1. The van der Waals surface area contributed by atoms with Crippen LogP contribution in [0, 0.1) is 6.92 Å². The lowest BCUT2D eigenvalue weighted by molar-refractivity contribution is -0.136. The molecule has 0 spiro atoms. The Hall–Kier alpha value is -1.16. The first kappa shape index (κ1) is 12.9. The average molecular weight is 285 g/mol. The molecule has 0 unspecified atom stereocenters. The van der Waals surface area contributed by atoms with E-state index in [4.69, 9.17) is 5.11 Å². The van der Waals surface area contributed by atoms with Crippen LogP contribution in [-0.2, 0) is 11.2 Å². The van der Waals surface area contributed by atoms with E-state index in [1.54, 1.807) is 18.2 Å². The van der Waals surface area contributed by atoms with Crippen molar-refractivity contribution in [3.05, 3.63) is 34.9 Å². The second-order valence-corrected chi connectivity index (χ2v) is 4.43. The van der Waals surface area contributed by atoms with Crippen molar-refractivity contribution in [3.8, 4) is 0 Å². The van der Waals surface area contributed by atoms with Crippen LogP contribution < -0.4 is 0 Å². The fraction of sp³-hybridized carbons (Fsp3) is 0.333. The molecule has 0 heterocycles. The van der Waals surface area contributed by atoms with Crippen LogP contribution in [0.3, 0.4) is 0 Å². The summed E-state index contributed by atoms with van der Waals surface area (Å²) in [7, 11) is 0. The number of aliphatic carboxylic acids is 1. The zero-order valence-corrected chi connectivity index (χ0v) is 10.6. The molecule has 3 nitrogen and oxygen atoms in total. The predicted molar refractivity (Wildman–Crippen MR) is 65.3 cm³/mol. The number of Topliss-reactive ketones (excluding diaryl/α,β-unsaturated/α-hetero) is 1. The largest absolute Gasteiger partial charge is 0.481 e. The van der Waals surface area contributed by atoms with E-state index in [1.165, 1.54) is 0 Å². The van der Waals surface area contributed by atoms with E-state index in [1.807, 2.05) is 6.92 Å². The van der Waals surface area contributed by atoms with Gasteiger partial charge < -0.3 is 5.11 Å². The van der Waals surface area contributed by atoms with Gasteiger partial charge >= 0.3 is 5.97 Å². The monoisotopic (exact) mass is 284 g/mol. The minimum atomic E-state index is -0.885. The number of hydrogen-bond acceptors (Lipinski definition) is 2. The Balaban J connectivity index is 2.97. The van der Waals surface area contributed by atoms with E-state index >= 15 is 0 Å². The number of ketones is 1. The second kappa shape index (κ2) is 5.80. The molecule has 0 bridgehead atoms. The van der Waals surface area contributed by atoms with Gasteiger partial charge in [0.1, 0.15) is 0 Å². The van der Waals surface area contributed by atoms with Crippen molar-refractivity contribution in [3.63, 3.8) is 0 Å². The van der Waals surface area contributed by atoms with E-state index in [0.29, 0.717) is 22.9 Å². The molecule has 4 heteroatoms. The van der Waals surface area contributed by atoms with Crippen LogP contribution in [0.5, 0.6) is 0 Å². The van der Waals surface area contributed by atoms with E-state index in [0.717, 1.165) is 5.56 Å². The molecule has 0 aliphatic rings. The predicted octanol–water partition coefficient (Wildman–Crippen LogP) is 2.59. The maximum atomic E-state index is 11.7. The molecule has 0 saturated carbocycles. The van der Waals surface area contributed by atoms with Gasteiger partial charge in [-0.1, -0.05) is 27.6 Å². The molecule has 0 aliphatic carbocycles. The molecule has 0 radical (unpaired) electrons. The molecule has 0 saturated heterocycles. The number of rotatable bonds is 5. The first-order valence-corrected chi connectivity index (χ1v) is 6.06. The van der Waals surface area contributed by atoms with E-state index in [9.17, 15) is 9.59 Å². The van der Waals surface area contributed by atoms with Crippen LogP contribution in [0.1, 0.15) is 27.9 Å². The average Bonchev–Trinajstić information content (AvgIpc) is 2.15. The molecule has 1 rings (SSSR count). The molecule has 0 atom stereocenters. The summed E-state index contributed by atoms with van der Waals surface area (Å²) in [6, 6.07) is 5.24. The Labute approximate surface area is 103 Å². The Kier molecular flexibility index (Phi) is 4.68. The van der Waals surface area contributed by atoms with Gasteiger partial charge in [0.2, 0.25) is 0 Å². The number of hydrogen-bond donors (Lipinski definition) is 1. The van der Waals surface area contributed by atoms with Crippen molar-refractivity contribution >= 4 is 27.7 Å². The van der Waals surface area contributed by atoms with E-state index < -0.39 is 5.97 Å². The molecule has 1 aromatic carbocycles. The van der Waals surface area contributed by atoms with Gasteiger partial charge in [0.25, 0.3) is 0 Å². The van der Waals surface area contributed by atoms with Gasteiger partial charge in [-0.3, -0.25) is 9.59 Å². The highest BCUT2D eigenvalue weighted by molar-refractivity contribution is 9.09. The quantitative estimate of drug-likeness (QED) is 0.668. The number of carbonyl (C=O) groups excluding carboxylic acids is 1. The zero-order chi connectivity index (χ0) is 12.1. The molecule has 86 valence electrons. The Morgan fingerprint density at radius 2 is 2.00 bits per heavy atom. The third kappa shape index (κ3) is 3.77. The summed E-state index contributed by atoms with van der Waals surface area (Å²) < 4.78 is 0. The molecule has 0 amide bonds. The minimum absolute atomic E-state index is 0.0345. The molecule has 1 aromatic rings. The van der Waals surface area contributed by atoms with Crippen molar-refractivity contribution in [1.29, 1.82) is 0 Å². The number of alkyl halides is 1. The third-order valence-electron chi connectivity index (χ3n) is 2.14. The minimum Gasteiger partial charge on any atom is -0.481 e. The topological polar surface area (TPSA) is 54.4 Å². The van der Waals surface area contributed by atoms with Gasteiger partial charge in [0, 0.05) is 17.3 Å².